The zero-order chi connectivity index (χ0) is 19.3. The number of allylic oxidation sites excluding steroid dienone is 1. The first kappa shape index (κ1) is 18.0. The lowest BCUT2D eigenvalue weighted by Crippen LogP contribution is -2.06. The molecule has 0 saturated heterocycles. The monoisotopic (exact) mass is 389 g/mol. The van der Waals surface area contributed by atoms with Crippen LogP contribution in [0.25, 0.3) is 22.5 Å². The molecule has 7 nitrogen and oxygen atoms in total. The van der Waals surface area contributed by atoms with Crippen molar-refractivity contribution in [3.8, 4) is 22.5 Å². The fraction of sp³-hybridized carbons (Fsp3) is 0.150. The van der Waals surface area contributed by atoms with Gasteiger partial charge in [-0.1, -0.05) is 54.6 Å². The fourth-order valence-electron chi connectivity index (χ4n) is 3.11. The van der Waals surface area contributed by atoms with Crippen LogP contribution in [-0.2, 0) is 13.0 Å². The number of aromatic amines is 2. The van der Waals surface area contributed by atoms with Crippen LogP contribution in [0.1, 0.15) is 17.8 Å². The van der Waals surface area contributed by atoms with Gasteiger partial charge in [0.25, 0.3) is 0 Å². The molecule has 0 unspecified atom stereocenters. The second-order valence-electron chi connectivity index (χ2n) is 6.33. The smallest absolute Gasteiger partial charge is 0.213 e. The molecule has 2 N–H and O–H groups in total. The average Bonchev–Trinajstić information content (AvgIpc) is 3.37. The number of nitrogens with one attached hydrogen (secondary N) is 2. The molecule has 0 spiro atoms. The molecule has 0 amide bonds. The molecule has 0 atom stereocenters. The molecule has 0 aliphatic carbocycles. The molecule has 2 aromatic heterocycles. The Morgan fingerprint density at radius 3 is 2.57 bits per heavy atom. The number of nitrogens with zero attached hydrogens (tertiary/aromatic N) is 5. The van der Waals surface area contributed by atoms with E-state index in [1.54, 1.807) is 0 Å². The van der Waals surface area contributed by atoms with Gasteiger partial charge in [-0.3, -0.25) is 9.78 Å². The molecular formula is C20H19N7S. The highest BCUT2D eigenvalue weighted by atomic mass is 32.1. The van der Waals surface area contributed by atoms with E-state index in [9.17, 15) is 0 Å². The number of aromatic nitrogens is 7. The standard InChI is InChI=1S/C20H19N7S/c1-2-3-12-27-18(21-20(28)24-27)13-14-8-10-15(11-9-14)16-6-4-5-7-17(16)19-22-25-26-23-19/h2,4-11H,1,3,12-13H2,(H,24,28)(H,22,23,25,26). The highest BCUT2D eigenvalue weighted by Crippen LogP contribution is 2.29. The molecule has 140 valence electrons. The number of hydrogen-bond acceptors (Lipinski definition) is 5. The third kappa shape index (κ3) is 3.81. The van der Waals surface area contributed by atoms with E-state index in [2.05, 4.69) is 67.6 Å². The van der Waals surface area contributed by atoms with E-state index in [-0.39, 0.29) is 0 Å². The van der Waals surface area contributed by atoms with Crippen molar-refractivity contribution < 1.29 is 0 Å². The van der Waals surface area contributed by atoms with Crippen LogP contribution in [0.5, 0.6) is 0 Å². The van der Waals surface area contributed by atoms with E-state index in [0.29, 0.717) is 17.0 Å². The molecule has 28 heavy (non-hydrogen) atoms. The summed E-state index contributed by atoms with van der Waals surface area (Å²) in [6.45, 7) is 4.56. The van der Waals surface area contributed by atoms with Crippen molar-refractivity contribution >= 4 is 12.2 Å². The Balaban J connectivity index is 1.59. The Kier molecular flexibility index (Phi) is 5.20. The molecule has 0 aliphatic heterocycles. The predicted octanol–water partition coefficient (Wildman–Crippen LogP) is 3.95. The van der Waals surface area contributed by atoms with Gasteiger partial charge in [0.15, 0.2) is 0 Å². The number of H-pyrrole nitrogens is 2. The molecule has 0 fully saturated rings. The molecule has 0 saturated carbocycles. The minimum Gasteiger partial charge on any atom is -0.272 e. The van der Waals surface area contributed by atoms with Crippen LogP contribution >= 0.6 is 12.2 Å². The molecule has 2 aromatic carbocycles. The average molecular weight is 389 g/mol. The maximum absolute atomic E-state index is 5.19. The molecule has 2 heterocycles. The SMILES string of the molecule is C=CCCn1[nH]c(=S)nc1Cc1ccc(-c2ccccc2-c2nn[nH]n2)cc1. The third-order valence-electron chi connectivity index (χ3n) is 4.47. The summed E-state index contributed by atoms with van der Waals surface area (Å²) in [6.07, 6.45) is 3.45. The first-order chi connectivity index (χ1) is 13.7. The minimum atomic E-state index is 0.504. The lowest BCUT2D eigenvalue weighted by molar-refractivity contribution is 0.593. The van der Waals surface area contributed by atoms with E-state index >= 15 is 0 Å². The third-order valence-corrected chi connectivity index (χ3v) is 4.65. The highest BCUT2D eigenvalue weighted by Gasteiger charge is 2.11. The fourth-order valence-corrected chi connectivity index (χ4v) is 3.33. The molecule has 4 rings (SSSR count). The van der Waals surface area contributed by atoms with Crippen LogP contribution in [0.2, 0.25) is 0 Å². The summed E-state index contributed by atoms with van der Waals surface area (Å²) in [7, 11) is 0. The molecule has 0 radical (unpaired) electrons. The van der Waals surface area contributed by atoms with Crippen molar-refractivity contribution in [2.45, 2.75) is 19.4 Å². The lowest BCUT2D eigenvalue weighted by atomic mass is 9.98. The Bertz CT molecular complexity index is 1120. The van der Waals surface area contributed by atoms with E-state index < -0.39 is 0 Å². The number of tetrazole rings is 1. The summed E-state index contributed by atoms with van der Waals surface area (Å²) in [5.74, 6) is 1.50. The summed E-state index contributed by atoms with van der Waals surface area (Å²) in [6, 6.07) is 16.4. The molecule has 0 aliphatic rings. The van der Waals surface area contributed by atoms with Crippen molar-refractivity contribution in [3.05, 3.63) is 77.3 Å². The zero-order valence-electron chi connectivity index (χ0n) is 15.2. The van der Waals surface area contributed by atoms with Gasteiger partial charge in [0, 0.05) is 18.5 Å². The Morgan fingerprint density at radius 1 is 1.07 bits per heavy atom. The highest BCUT2D eigenvalue weighted by molar-refractivity contribution is 7.71. The van der Waals surface area contributed by atoms with E-state index in [0.717, 1.165) is 41.0 Å². The van der Waals surface area contributed by atoms with Gasteiger partial charge in [0.1, 0.15) is 5.82 Å². The second-order valence-corrected chi connectivity index (χ2v) is 6.72. The Morgan fingerprint density at radius 2 is 1.86 bits per heavy atom. The summed E-state index contributed by atoms with van der Waals surface area (Å²) < 4.78 is 2.49. The van der Waals surface area contributed by atoms with Gasteiger partial charge in [-0.05, 0) is 40.5 Å². The first-order valence-corrected chi connectivity index (χ1v) is 9.34. The normalized spacial score (nSPS) is 10.9. The molecule has 4 aromatic rings. The summed E-state index contributed by atoms with van der Waals surface area (Å²) in [5.41, 5.74) is 4.25. The van der Waals surface area contributed by atoms with Crippen molar-refractivity contribution in [3.63, 3.8) is 0 Å². The van der Waals surface area contributed by atoms with Crippen LogP contribution in [0, 0.1) is 4.77 Å². The largest absolute Gasteiger partial charge is 0.272 e. The van der Waals surface area contributed by atoms with Gasteiger partial charge in [-0.15, -0.1) is 16.8 Å². The van der Waals surface area contributed by atoms with E-state index in [4.69, 9.17) is 12.2 Å². The second kappa shape index (κ2) is 8.10. The number of rotatable bonds is 7. The number of hydrogen-bond donors (Lipinski definition) is 2. The van der Waals surface area contributed by atoms with Crippen molar-refractivity contribution in [2.75, 3.05) is 0 Å². The van der Waals surface area contributed by atoms with E-state index in [1.165, 1.54) is 0 Å². The lowest BCUT2D eigenvalue weighted by Gasteiger charge is -2.09. The molecule has 8 heteroatoms. The zero-order valence-corrected chi connectivity index (χ0v) is 16.0. The molecular weight excluding hydrogens is 370 g/mol. The van der Waals surface area contributed by atoms with Crippen molar-refractivity contribution in [2.24, 2.45) is 0 Å². The van der Waals surface area contributed by atoms with Crippen LogP contribution < -0.4 is 0 Å². The summed E-state index contributed by atoms with van der Waals surface area (Å²) >= 11 is 5.19. The predicted molar refractivity (Wildman–Crippen MR) is 110 cm³/mol. The quantitative estimate of drug-likeness (QED) is 0.369. The summed E-state index contributed by atoms with van der Waals surface area (Å²) in [4.78, 5) is 4.45. The van der Waals surface area contributed by atoms with Gasteiger partial charge in [0.05, 0.1) is 0 Å². The van der Waals surface area contributed by atoms with Crippen molar-refractivity contribution in [1.29, 1.82) is 0 Å². The van der Waals surface area contributed by atoms with Gasteiger partial charge in [-0.2, -0.15) is 5.21 Å². The Labute approximate surface area is 167 Å². The maximum atomic E-state index is 5.19. The van der Waals surface area contributed by atoms with Gasteiger partial charge in [-0.25, -0.2) is 4.98 Å². The minimum absolute atomic E-state index is 0.504. The van der Waals surface area contributed by atoms with Gasteiger partial charge in [0.2, 0.25) is 10.6 Å². The summed E-state index contributed by atoms with van der Waals surface area (Å²) in [5, 5.41) is 17.5. The van der Waals surface area contributed by atoms with Gasteiger partial charge >= 0.3 is 0 Å². The first-order valence-electron chi connectivity index (χ1n) is 8.93. The van der Waals surface area contributed by atoms with Crippen LogP contribution in [0.15, 0.2) is 61.2 Å². The van der Waals surface area contributed by atoms with Crippen molar-refractivity contribution in [1.82, 2.24) is 35.4 Å². The van der Waals surface area contributed by atoms with E-state index in [1.807, 2.05) is 29.0 Å². The van der Waals surface area contributed by atoms with Gasteiger partial charge < -0.3 is 0 Å². The molecule has 0 bridgehead atoms. The van der Waals surface area contributed by atoms with Crippen LogP contribution in [-0.4, -0.2) is 35.4 Å². The topological polar surface area (TPSA) is 88.1 Å². The van der Waals surface area contributed by atoms with Crippen LogP contribution in [0.4, 0.5) is 0 Å². The maximum Gasteiger partial charge on any atom is 0.213 e. The number of benzene rings is 2. The number of aryl methyl sites for hydroxylation is 1. The Hall–Kier alpha value is -3.39. The van der Waals surface area contributed by atoms with Crippen LogP contribution in [0.3, 0.4) is 0 Å².